The van der Waals surface area contributed by atoms with Gasteiger partial charge in [-0.15, -0.1) is 0 Å². The van der Waals surface area contributed by atoms with E-state index in [2.05, 4.69) is 10.1 Å². The lowest BCUT2D eigenvalue weighted by atomic mass is 9.98. The fourth-order valence-electron chi connectivity index (χ4n) is 2.58. The zero-order chi connectivity index (χ0) is 14.8. The molecule has 1 fully saturated rings. The molecule has 1 atom stereocenters. The standard InChI is InChI=1S/C14H20ClN3O2/c1-14(19)6-3-8-18(9-7-14)11-5-2-4-10(15)12(11)13(16)17-20/h2,4-5,19-20H,3,6-9H2,1H3,(H2,16,17). The van der Waals surface area contributed by atoms with Gasteiger partial charge in [-0.25, -0.2) is 0 Å². The maximum Gasteiger partial charge on any atom is 0.173 e. The van der Waals surface area contributed by atoms with Crippen molar-refractivity contribution in [3.05, 3.63) is 28.8 Å². The molecule has 20 heavy (non-hydrogen) atoms. The third-order valence-corrected chi connectivity index (χ3v) is 4.07. The van der Waals surface area contributed by atoms with Gasteiger partial charge in [0.15, 0.2) is 5.84 Å². The monoisotopic (exact) mass is 297 g/mol. The first-order valence-electron chi connectivity index (χ1n) is 6.68. The number of halogens is 1. The quantitative estimate of drug-likeness (QED) is 0.338. The minimum absolute atomic E-state index is 0.00149. The van der Waals surface area contributed by atoms with Gasteiger partial charge in [0.1, 0.15) is 0 Å². The summed E-state index contributed by atoms with van der Waals surface area (Å²) in [5.41, 5.74) is 6.48. The van der Waals surface area contributed by atoms with Crippen LogP contribution in [0.1, 0.15) is 31.7 Å². The van der Waals surface area contributed by atoms with Crippen LogP contribution < -0.4 is 10.6 Å². The predicted octanol–water partition coefficient (Wildman–Crippen LogP) is 2.18. The van der Waals surface area contributed by atoms with Crippen LogP contribution in [0.3, 0.4) is 0 Å². The van der Waals surface area contributed by atoms with Crippen LogP contribution in [0.4, 0.5) is 5.69 Å². The molecule has 2 rings (SSSR count). The van der Waals surface area contributed by atoms with E-state index in [9.17, 15) is 5.11 Å². The lowest BCUT2D eigenvalue weighted by Crippen LogP contribution is -2.30. The first-order valence-corrected chi connectivity index (χ1v) is 7.06. The molecule has 0 radical (unpaired) electrons. The highest BCUT2D eigenvalue weighted by Crippen LogP contribution is 2.31. The Morgan fingerprint density at radius 3 is 2.85 bits per heavy atom. The second-order valence-corrected chi connectivity index (χ2v) is 5.86. The Labute approximate surface area is 123 Å². The number of hydrogen-bond donors (Lipinski definition) is 3. The number of anilines is 1. The number of rotatable bonds is 2. The molecule has 0 saturated carbocycles. The molecule has 1 saturated heterocycles. The molecule has 0 aliphatic carbocycles. The smallest absolute Gasteiger partial charge is 0.173 e. The van der Waals surface area contributed by atoms with Crippen LogP contribution in [-0.2, 0) is 0 Å². The molecule has 0 spiro atoms. The van der Waals surface area contributed by atoms with Gasteiger partial charge in [-0.3, -0.25) is 0 Å². The molecule has 0 amide bonds. The average Bonchev–Trinajstić information content (AvgIpc) is 2.58. The summed E-state index contributed by atoms with van der Waals surface area (Å²) in [6, 6.07) is 5.46. The third kappa shape index (κ3) is 3.16. The minimum Gasteiger partial charge on any atom is -0.409 e. The van der Waals surface area contributed by atoms with Gasteiger partial charge in [0.25, 0.3) is 0 Å². The first-order chi connectivity index (χ1) is 9.44. The average molecular weight is 298 g/mol. The minimum atomic E-state index is -0.635. The van der Waals surface area contributed by atoms with Crippen molar-refractivity contribution < 1.29 is 10.3 Å². The highest BCUT2D eigenvalue weighted by atomic mass is 35.5. The summed E-state index contributed by atoms with van der Waals surface area (Å²) in [6.45, 7) is 3.38. The summed E-state index contributed by atoms with van der Waals surface area (Å²) in [5.74, 6) is 0.00149. The number of amidine groups is 1. The number of nitrogens with zero attached hydrogens (tertiary/aromatic N) is 2. The van der Waals surface area contributed by atoms with Gasteiger partial charge in [0, 0.05) is 18.8 Å². The van der Waals surface area contributed by atoms with E-state index >= 15 is 0 Å². The van der Waals surface area contributed by atoms with E-state index in [1.165, 1.54) is 0 Å². The van der Waals surface area contributed by atoms with E-state index in [0.717, 1.165) is 25.1 Å². The third-order valence-electron chi connectivity index (χ3n) is 3.76. The number of aliphatic hydroxyl groups is 1. The first kappa shape index (κ1) is 14.9. The van der Waals surface area contributed by atoms with Crippen molar-refractivity contribution in [1.29, 1.82) is 0 Å². The van der Waals surface area contributed by atoms with Crippen molar-refractivity contribution in [2.75, 3.05) is 18.0 Å². The van der Waals surface area contributed by atoms with Crippen LogP contribution in [0.2, 0.25) is 5.02 Å². The summed E-state index contributed by atoms with van der Waals surface area (Å²) in [5, 5.41) is 22.6. The van der Waals surface area contributed by atoms with Gasteiger partial charge in [-0.1, -0.05) is 22.8 Å². The molecule has 0 aromatic heterocycles. The van der Waals surface area contributed by atoms with E-state index in [1.54, 1.807) is 6.07 Å². The molecular formula is C14H20ClN3O2. The zero-order valence-electron chi connectivity index (χ0n) is 11.5. The van der Waals surface area contributed by atoms with Crippen molar-refractivity contribution >= 4 is 23.1 Å². The van der Waals surface area contributed by atoms with Gasteiger partial charge in [-0.2, -0.15) is 0 Å². The highest BCUT2D eigenvalue weighted by Gasteiger charge is 2.26. The maximum absolute atomic E-state index is 10.2. The van der Waals surface area contributed by atoms with E-state index in [-0.39, 0.29) is 5.84 Å². The molecule has 1 aromatic carbocycles. The fraction of sp³-hybridized carbons (Fsp3) is 0.500. The van der Waals surface area contributed by atoms with Crippen molar-refractivity contribution in [1.82, 2.24) is 0 Å². The molecule has 1 aliphatic rings. The molecule has 5 nitrogen and oxygen atoms in total. The van der Waals surface area contributed by atoms with E-state index in [0.29, 0.717) is 23.6 Å². The molecule has 0 bridgehead atoms. The van der Waals surface area contributed by atoms with Crippen LogP contribution in [0.5, 0.6) is 0 Å². The molecular weight excluding hydrogens is 278 g/mol. The lowest BCUT2D eigenvalue weighted by Gasteiger charge is -2.26. The SMILES string of the molecule is CC1(O)CCCN(c2cccc(Cl)c2/C(N)=N/O)CC1. The summed E-state index contributed by atoms with van der Waals surface area (Å²) >= 11 is 6.17. The molecule has 1 unspecified atom stereocenters. The topological polar surface area (TPSA) is 82.1 Å². The zero-order valence-corrected chi connectivity index (χ0v) is 12.3. The van der Waals surface area contributed by atoms with Gasteiger partial charge in [-0.05, 0) is 38.3 Å². The Hall–Kier alpha value is -1.46. The Morgan fingerprint density at radius 2 is 2.15 bits per heavy atom. The van der Waals surface area contributed by atoms with Crippen molar-refractivity contribution in [2.24, 2.45) is 10.9 Å². The van der Waals surface area contributed by atoms with Crippen LogP contribution in [-0.4, -0.2) is 34.8 Å². The van der Waals surface area contributed by atoms with E-state index in [4.69, 9.17) is 22.5 Å². The number of hydrogen-bond acceptors (Lipinski definition) is 4. The second kappa shape index (κ2) is 5.89. The van der Waals surface area contributed by atoms with Crippen LogP contribution in [0.25, 0.3) is 0 Å². The van der Waals surface area contributed by atoms with Gasteiger partial charge in [0.2, 0.25) is 0 Å². The van der Waals surface area contributed by atoms with Gasteiger partial charge >= 0.3 is 0 Å². The van der Waals surface area contributed by atoms with Crippen LogP contribution in [0.15, 0.2) is 23.4 Å². The van der Waals surface area contributed by atoms with Crippen molar-refractivity contribution in [3.8, 4) is 0 Å². The molecule has 1 aromatic rings. The summed E-state index contributed by atoms with van der Waals surface area (Å²) < 4.78 is 0. The normalized spacial score (nSPS) is 24.6. The fourth-order valence-corrected chi connectivity index (χ4v) is 2.85. The second-order valence-electron chi connectivity index (χ2n) is 5.46. The Kier molecular flexibility index (Phi) is 4.40. The predicted molar refractivity (Wildman–Crippen MR) is 80.7 cm³/mol. The number of oxime groups is 1. The van der Waals surface area contributed by atoms with E-state index < -0.39 is 5.60 Å². The molecule has 4 N–H and O–H groups in total. The number of nitrogens with two attached hydrogens (primary N) is 1. The lowest BCUT2D eigenvalue weighted by molar-refractivity contribution is 0.0481. The Bertz CT molecular complexity index is 517. The van der Waals surface area contributed by atoms with Gasteiger partial charge in [0.05, 0.1) is 16.2 Å². The largest absolute Gasteiger partial charge is 0.409 e. The number of benzene rings is 1. The van der Waals surface area contributed by atoms with Crippen LogP contribution in [0, 0.1) is 0 Å². The summed E-state index contributed by atoms with van der Waals surface area (Å²) in [4.78, 5) is 2.13. The molecule has 1 heterocycles. The van der Waals surface area contributed by atoms with Crippen LogP contribution >= 0.6 is 11.6 Å². The highest BCUT2D eigenvalue weighted by molar-refractivity contribution is 6.34. The summed E-state index contributed by atoms with van der Waals surface area (Å²) in [6.07, 6.45) is 2.33. The molecule has 110 valence electrons. The Morgan fingerprint density at radius 1 is 1.40 bits per heavy atom. The maximum atomic E-state index is 10.2. The Balaban J connectivity index is 2.35. The van der Waals surface area contributed by atoms with Crippen molar-refractivity contribution in [3.63, 3.8) is 0 Å². The van der Waals surface area contributed by atoms with E-state index in [1.807, 2.05) is 19.1 Å². The molecule has 6 heteroatoms. The van der Waals surface area contributed by atoms with Crippen molar-refractivity contribution in [2.45, 2.75) is 31.8 Å². The van der Waals surface area contributed by atoms with Gasteiger partial charge < -0.3 is 20.9 Å². The summed E-state index contributed by atoms with van der Waals surface area (Å²) in [7, 11) is 0. The molecule has 1 aliphatic heterocycles.